The Morgan fingerprint density at radius 3 is 2.29 bits per heavy atom. The molecule has 0 radical (unpaired) electrons. The third kappa shape index (κ3) is 5.87. The minimum Gasteiger partial charge on any atom is -0.312 e. The van der Waals surface area contributed by atoms with Crippen LogP contribution in [0.5, 0.6) is 0 Å². The molecular formula is C15H32N2. The fourth-order valence-corrected chi connectivity index (χ4v) is 2.91. The van der Waals surface area contributed by atoms with E-state index >= 15 is 0 Å². The second-order valence-electron chi connectivity index (χ2n) is 6.93. The van der Waals surface area contributed by atoms with Crippen LogP contribution in [0.1, 0.15) is 60.3 Å². The van der Waals surface area contributed by atoms with Gasteiger partial charge in [-0.1, -0.05) is 26.7 Å². The molecule has 2 atom stereocenters. The lowest BCUT2D eigenvalue weighted by molar-refractivity contribution is 0.205. The molecule has 2 N–H and O–H groups in total. The number of hydrogen-bond donors (Lipinski definition) is 2. The first kappa shape index (κ1) is 15.0. The molecule has 1 aliphatic carbocycles. The van der Waals surface area contributed by atoms with Crippen molar-refractivity contribution in [3.63, 3.8) is 0 Å². The second-order valence-corrected chi connectivity index (χ2v) is 6.93. The fraction of sp³-hybridized carbons (Fsp3) is 1.00. The molecule has 2 nitrogen and oxygen atoms in total. The maximum Gasteiger partial charge on any atom is 0.00983 e. The highest BCUT2D eigenvalue weighted by Crippen LogP contribution is 2.29. The highest BCUT2D eigenvalue weighted by atomic mass is 15.0. The summed E-state index contributed by atoms with van der Waals surface area (Å²) in [5.74, 6) is 1.71. The maximum atomic E-state index is 3.76. The van der Waals surface area contributed by atoms with E-state index in [2.05, 4.69) is 45.3 Å². The lowest BCUT2D eigenvalue weighted by atomic mass is 9.78. The molecule has 0 aromatic rings. The normalized spacial score (nSPS) is 26.5. The molecule has 1 saturated carbocycles. The van der Waals surface area contributed by atoms with Crippen LogP contribution in [-0.4, -0.2) is 24.7 Å². The zero-order valence-corrected chi connectivity index (χ0v) is 12.5. The predicted octanol–water partition coefficient (Wildman–Crippen LogP) is 3.18. The van der Waals surface area contributed by atoms with Gasteiger partial charge in [-0.05, 0) is 45.4 Å². The molecule has 102 valence electrons. The van der Waals surface area contributed by atoms with Gasteiger partial charge < -0.3 is 10.6 Å². The molecule has 0 aliphatic heterocycles. The lowest BCUT2D eigenvalue weighted by Gasteiger charge is -2.35. The van der Waals surface area contributed by atoms with Crippen molar-refractivity contribution in [3.8, 4) is 0 Å². The van der Waals surface area contributed by atoms with Crippen molar-refractivity contribution in [2.24, 2.45) is 11.8 Å². The van der Waals surface area contributed by atoms with E-state index in [1.165, 1.54) is 25.7 Å². The summed E-state index contributed by atoms with van der Waals surface area (Å²) in [4.78, 5) is 0. The van der Waals surface area contributed by atoms with Crippen LogP contribution in [-0.2, 0) is 0 Å². The Morgan fingerprint density at radius 2 is 1.71 bits per heavy atom. The standard InChI is InChI=1S/C15H32N2/c1-12(2)13-8-6-7-9-14(13)16-10-11-17-15(3,4)5/h12-14,16-17H,6-11H2,1-5H3. The van der Waals surface area contributed by atoms with Gasteiger partial charge in [0.15, 0.2) is 0 Å². The van der Waals surface area contributed by atoms with E-state index < -0.39 is 0 Å². The Hall–Kier alpha value is -0.0800. The fourth-order valence-electron chi connectivity index (χ4n) is 2.91. The monoisotopic (exact) mass is 240 g/mol. The summed E-state index contributed by atoms with van der Waals surface area (Å²) in [6.45, 7) is 13.6. The van der Waals surface area contributed by atoms with Gasteiger partial charge in [0.2, 0.25) is 0 Å². The van der Waals surface area contributed by atoms with Crippen LogP contribution in [0.25, 0.3) is 0 Å². The van der Waals surface area contributed by atoms with Crippen LogP contribution in [0.3, 0.4) is 0 Å². The van der Waals surface area contributed by atoms with E-state index in [1.807, 2.05) is 0 Å². The molecule has 0 saturated heterocycles. The first-order valence-electron chi connectivity index (χ1n) is 7.38. The third-order valence-corrected chi connectivity index (χ3v) is 3.86. The smallest absolute Gasteiger partial charge is 0.00983 e. The summed E-state index contributed by atoms with van der Waals surface area (Å²) in [5.41, 5.74) is 0.242. The summed E-state index contributed by atoms with van der Waals surface area (Å²) in [5, 5.41) is 7.31. The molecule has 0 aromatic heterocycles. The van der Waals surface area contributed by atoms with Crippen molar-refractivity contribution in [1.29, 1.82) is 0 Å². The molecule has 0 spiro atoms. The van der Waals surface area contributed by atoms with Crippen molar-refractivity contribution in [3.05, 3.63) is 0 Å². The van der Waals surface area contributed by atoms with E-state index in [1.54, 1.807) is 0 Å². The Labute approximate surface area is 108 Å². The van der Waals surface area contributed by atoms with Gasteiger partial charge in [0, 0.05) is 24.7 Å². The summed E-state index contributed by atoms with van der Waals surface area (Å²) in [6, 6.07) is 0.755. The van der Waals surface area contributed by atoms with Gasteiger partial charge in [0.25, 0.3) is 0 Å². The van der Waals surface area contributed by atoms with Crippen LogP contribution in [0.2, 0.25) is 0 Å². The molecule has 17 heavy (non-hydrogen) atoms. The molecule has 1 rings (SSSR count). The first-order chi connectivity index (χ1) is 7.90. The van der Waals surface area contributed by atoms with Crippen LogP contribution in [0.15, 0.2) is 0 Å². The molecule has 1 fully saturated rings. The molecular weight excluding hydrogens is 208 g/mol. The molecule has 0 bridgehead atoms. The summed E-state index contributed by atoms with van der Waals surface area (Å²) in [6.07, 6.45) is 5.63. The van der Waals surface area contributed by atoms with Crippen molar-refractivity contribution >= 4 is 0 Å². The highest BCUT2D eigenvalue weighted by molar-refractivity contribution is 4.83. The van der Waals surface area contributed by atoms with E-state index in [0.717, 1.165) is 31.0 Å². The largest absolute Gasteiger partial charge is 0.312 e. The molecule has 1 aliphatic rings. The van der Waals surface area contributed by atoms with Crippen molar-refractivity contribution < 1.29 is 0 Å². The molecule has 0 amide bonds. The lowest BCUT2D eigenvalue weighted by Crippen LogP contribution is -2.46. The summed E-state index contributed by atoms with van der Waals surface area (Å²) in [7, 11) is 0. The quantitative estimate of drug-likeness (QED) is 0.721. The van der Waals surface area contributed by atoms with Gasteiger partial charge >= 0.3 is 0 Å². The number of hydrogen-bond acceptors (Lipinski definition) is 2. The number of nitrogens with one attached hydrogen (secondary N) is 2. The second kappa shape index (κ2) is 6.75. The average Bonchev–Trinajstić information content (AvgIpc) is 2.23. The molecule has 0 heterocycles. The number of rotatable bonds is 5. The first-order valence-corrected chi connectivity index (χ1v) is 7.38. The Kier molecular flexibility index (Phi) is 5.94. The predicted molar refractivity (Wildman–Crippen MR) is 76.3 cm³/mol. The average molecular weight is 240 g/mol. The third-order valence-electron chi connectivity index (χ3n) is 3.86. The zero-order chi connectivity index (χ0) is 12.9. The van der Waals surface area contributed by atoms with Gasteiger partial charge in [-0.25, -0.2) is 0 Å². The van der Waals surface area contributed by atoms with Gasteiger partial charge in [0.05, 0.1) is 0 Å². The van der Waals surface area contributed by atoms with E-state index in [9.17, 15) is 0 Å². The van der Waals surface area contributed by atoms with E-state index in [4.69, 9.17) is 0 Å². The SMILES string of the molecule is CC(C)C1CCCCC1NCCNC(C)(C)C. The summed E-state index contributed by atoms with van der Waals surface area (Å²) < 4.78 is 0. The van der Waals surface area contributed by atoms with Crippen molar-refractivity contribution in [1.82, 2.24) is 10.6 Å². The molecule has 2 heteroatoms. The van der Waals surface area contributed by atoms with Crippen molar-refractivity contribution in [2.75, 3.05) is 13.1 Å². The van der Waals surface area contributed by atoms with E-state index in [0.29, 0.717) is 0 Å². The maximum absolute atomic E-state index is 3.76. The minimum absolute atomic E-state index is 0.242. The van der Waals surface area contributed by atoms with Crippen molar-refractivity contribution in [2.45, 2.75) is 71.9 Å². The van der Waals surface area contributed by atoms with E-state index in [-0.39, 0.29) is 5.54 Å². The molecule has 0 aromatic carbocycles. The zero-order valence-electron chi connectivity index (χ0n) is 12.5. The van der Waals surface area contributed by atoms with Crippen LogP contribution < -0.4 is 10.6 Å². The highest BCUT2D eigenvalue weighted by Gasteiger charge is 2.26. The Balaban J connectivity index is 2.24. The van der Waals surface area contributed by atoms with Crippen LogP contribution in [0.4, 0.5) is 0 Å². The van der Waals surface area contributed by atoms with Crippen LogP contribution in [0, 0.1) is 11.8 Å². The Morgan fingerprint density at radius 1 is 1.06 bits per heavy atom. The van der Waals surface area contributed by atoms with Gasteiger partial charge in [-0.3, -0.25) is 0 Å². The van der Waals surface area contributed by atoms with Gasteiger partial charge in [0.1, 0.15) is 0 Å². The van der Waals surface area contributed by atoms with Gasteiger partial charge in [-0.15, -0.1) is 0 Å². The topological polar surface area (TPSA) is 24.1 Å². The molecule has 2 unspecified atom stereocenters. The summed E-state index contributed by atoms with van der Waals surface area (Å²) >= 11 is 0. The van der Waals surface area contributed by atoms with Crippen LogP contribution >= 0.6 is 0 Å². The van der Waals surface area contributed by atoms with Gasteiger partial charge in [-0.2, -0.15) is 0 Å². The minimum atomic E-state index is 0.242. The Bertz CT molecular complexity index is 205.